The van der Waals surface area contributed by atoms with Crippen molar-refractivity contribution in [3.05, 3.63) is 24.0 Å². The molecule has 2 rings (SSSR count). The number of anilines is 1. The molecule has 1 aliphatic rings. The van der Waals surface area contributed by atoms with Crippen LogP contribution in [0.5, 0.6) is 0 Å². The Balaban J connectivity index is 2.25. The summed E-state index contributed by atoms with van der Waals surface area (Å²) in [5.74, 6) is 0.0884. The van der Waals surface area contributed by atoms with Crippen molar-refractivity contribution in [2.24, 2.45) is 5.73 Å². The lowest BCUT2D eigenvalue weighted by Crippen LogP contribution is -2.31. The van der Waals surface area contributed by atoms with E-state index in [0.29, 0.717) is 12.6 Å². The topological polar surface area (TPSA) is 75.2 Å². The van der Waals surface area contributed by atoms with E-state index in [0.717, 1.165) is 17.8 Å². The number of nitrogens with zero attached hydrogens (tertiary/aromatic N) is 2. The molecule has 5 nitrogen and oxygen atoms in total. The van der Waals surface area contributed by atoms with E-state index in [2.05, 4.69) is 9.88 Å². The second-order valence-corrected chi connectivity index (χ2v) is 4.22. The van der Waals surface area contributed by atoms with Gasteiger partial charge in [-0.05, 0) is 18.9 Å². The van der Waals surface area contributed by atoms with Gasteiger partial charge in [-0.25, -0.2) is 0 Å². The predicted molar refractivity (Wildman–Crippen MR) is 67.5 cm³/mol. The average molecular weight is 234 g/mol. The molecule has 92 valence electrons. The summed E-state index contributed by atoms with van der Waals surface area (Å²) in [5.41, 5.74) is 7.30. The Morgan fingerprint density at radius 1 is 1.65 bits per heavy atom. The lowest BCUT2D eigenvalue weighted by Gasteiger charge is -2.26. The summed E-state index contributed by atoms with van der Waals surface area (Å²) in [4.78, 5) is 6.38. The number of methoxy groups -OCH3 is 1. The minimum atomic E-state index is 0.0884. The summed E-state index contributed by atoms with van der Waals surface area (Å²) < 4.78 is 5.13. The van der Waals surface area contributed by atoms with Crippen molar-refractivity contribution in [2.45, 2.75) is 18.9 Å². The van der Waals surface area contributed by atoms with E-state index in [1.54, 1.807) is 25.6 Å². The second-order valence-electron chi connectivity index (χ2n) is 4.22. The van der Waals surface area contributed by atoms with Crippen LogP contribution in [0.25, 0.3) is 0 Å². The van der Waals surface area contributed by atoms with Crippen LogP contribution < -0.4 is 10.6 Å². The third-order valence-electron chi connectivity index (χ3n) is 2.92. The number of hydrogen-bond acceptors (Lipinski definition) is 4. The molecule has 0 aromatic carbocycles. The minimum absolute atomic E-state index is 0.0884. The number of nitrogens with one attached hydrogen (secondary N) is 1. The van der Waals surface area contributed by atoms with Gasteiger partial charge in [0.25, 0.3) is 0 Å². The molecule has 5 heteroatoms. The number of nitrogen functional groups attached to an aromatic ring is 1. The highest BCUT2D eigenvalue weighted by atomic mass is 16.5. The highest BCUT2D eigenvalue weighted by molar-refractivity contribution is 6.00. The SMILES string of the molecule is COCCN(c1cnccc1C(=N)N)C1CC1. The van der Waals surface area contributed by atoms with Crippen molar-refractivity contribution in [2.75, 3.05) is 25.2 Å². The van der Waals surface area contributed by atoms with Crippen molar-refractivity contribution >= 4 is 11.5 Å². The molecule has 1 saturated carbocycles. The van der Waals surface area contributed by atoms with Gasteiger partial charge in [0.05, 0.1) is 18.5 Å². The fourth-order valence-corrected chi connectivity index (χ4v) is 1.92. The Morgan fingerprint density at radius 3 is 3.00 bits per heavy atom. The Labute approximate surface area is 101 Å². The third kappa shape index (κ3) is 2.74. The zero-order valence-corrected chi connectivity index (χ0v) is 10.0. The van der Waals surface area contributed by atoms with Crippen molar-refractivity contribution in [3.8, 4) is 0 Å². The number of amidine groups is 1. The van der Waals surface area contributed by atoms with Gasteiger partial charge in [0.2, 0.25) is 0 Å². The molecule has 1 aromatic heterocycles. The van der Waals surface area contributed by atoms with Gasteiger partial charge in [0.1, 0.15) is 5.84 Å². The highest BCUT2D eigenvalue weighted by Crippen LogP contribution is 2.32. The molecule has 0 saturated heterocycles. The van der Waals surface area contributed by atoms with Gasteiger partial charge >= 0.3 is 0 Å². The normalized spacial score (nSPS) is 14.6. The first-order valence-corrected chi connectivity index (χ1v) is 5.78. The molecular weight excluding hydrogens is 216 g/mol. The molecule has 0 spiro atoms. The molecule has 0 unspecified atom stereocenters. The molecule has 0 aliphatic heterocycles. The van der Waals surface area contributed by atoms with E-state index in [9.17, 15) is 0 Å². The summed E-state index contributed by atoms with van der Waals surface area (Å²) >= 11 is 0. The number of nitrogens with two attached hydrogens (primary N) is 1. The Kier molecular flexibility index (Phi) is 3.58. The number of ether oxygens (including phenoxy) is 1. The van der Waals surface area contributed by atoms with Crippen LogP contribution in [0, 0.1) is 5.41 Å². The monoisotopic (exact) mass is 234 g/mol. The maximum absolute atomic E-state index is 7.60. The van der Waals surface area contributed by atoms with Crippen molar-refractivity contribution in [1.29, 1.82) is 5.41 Å². The lowest BCUT2D eigenvalue weighted by molar-refractivity contribution is 0.205. The first-order valence-electron chi connectivity index (χ1n) is 5.78. The van der Waals surface area contributed by atoms with Gasteiger partial charge in [-0.1, -0.05) is 0 Å². The summed E-state index contributed by atoms with van der Waals surface area (Å²) in [7, 11) is 1.69. The van der Waals surface area contributed by atoms with Crippen LogP contribution in [0.4, 0.5) is 5.69 Å². The maximum atomic E-state index is 7.60. The summed E-state index contributed by atoms with van der Waals surface area (Å²) in [6.07, 6.45) is 5.83. The van der Waals surface area contributed by atoms with Crippen LogP contribution in [-0.2, 0) is 4.74 Å². The van der Waals surface area contributed by atoms with Crippen LogP contribution >= 0.6 is 0 Å². The Hall–Kier alpha value is -1.62. The van der Waals surface area contributed by atoms with E-state index in [1.165, 1.54) is 12.8 Å². The van der Waals surface area contributed by atoms with E-state index in [4.69, 9.17) is 15.9 Å². The molecule has 1 aliphatic carbocycles. The molecule has 3 N–H and O–H groups in total. The third-order valence-corrected chi connectivity index (χ3v) is 2.92. The lowest BCUT2D eigenvalue weighted by atomic mass is 10.2. The minimum Gasteiger partial charge on any atom is -0.384 e. The van der Waals surface area contributed by atoms with Crippen LogP contribution in [0.15, 0.2) is 18.5 Å². The summed E-state index contributed by atoms with van der Waals surface area (Å²) in [5, 5.41) is 7.60. The molecule has 0 amide bonds. The van der Waals surface area contributed by atoms with Gasteiger partial charge in [-0.15, -0.1) is 0 Å². The van der Waals surface area contributed by atoms with Gasteiger partial charge < -0.3 is 15.4 Å². The first kappa shape index (κ1) is 11.9. The zero-order chi connectivity index (χ0) is 12.3. The van der Waals surface area contributed by atoms with Crippen molar-refractivity contribution in [1.82, 2.24) is 4.98 Å². The smallest absolute Gasteiger partial charge is 0.125 e. The van der Waals surface area contributed by atoms with E-state index in [-0.39, 0.29) is 5.84 Å². The zero-order valence-electron chi connectivity index (χ0n) is 10.0. The fraction of sp³-hybridized carbons (Fsp3) is 0.500. The molecule has 0 atom stereocenters. The molecule has 1 heterocycles. The molecule has 17 heavy (non-hydrogen) atoms. The largest absolute Gasteiger partial charge is 0.384 e. The summed E-state index contributed by atoms with van der Waals surface area (Å²) in [6, 6.07) is 2.34. The Bertz CT molecular complexity index is 403. The van der Waals surface area contributed by atoms with E-state index < -0.39 is 0 Å². The maximum Gasteiger partial charge on any atom is 0.125 e. The molecule has 0 bridgehead atoms. The first-order chi connectivity index (χ1) is 8.24. The van der Waals surface area contributed by atoms with Crippen LogP contribution in [0.3, 0.4) is 0 Å². The molecule has 0 radical (unpaired) electrons. The van der Waals surface area contributed by atoms with E-state index >= 15 is 0 Å². The highest BCUT2D eigenvalue weighted by Gasteiger charge is 2.30. The predicted octanol–water partition coefficient (Wildman–Crippen LogP) is 0.981. The Morgan fingerprint density at radius 2 is 2.41 bits per heavy atom. The van der Waals surface area contributed by atoms with Crippen LogP contribution in [0.2, 0.25) is 0 Å². The van der Waals surface area contributed by atoms with Crippen LogP contribution in [0.1, 0.15) is 18.4 Å². The number of aromatic nitrogens is 1. The average Bonchev–Trinajstić information content (AvgIpc) is 3.14. The van der Waals surface area contributed by atoms with Crippen molar-refractivity contribution in [3.63, 3.8) is 0 Å². The van der Waals surface area contributed by atoms with Gasteiger partial charge in [0, 0.05) is 31.5 Å². The molecule has 1 fully saturated rings. The number of rotatable bonds is 6. The quantitative estimate of drug-likeness (QED) is 0.568. The van der Waals surface area contributed by atoms with Crippen molar-refractivity contribution < 1.29 is 4.74 Å². The summed E-state index contributed by atoms with van der Waals surface area (Å²) in [6.45, 7) is 1.48. The van der Waals surface area contributed by atoms with E-state index in [1.807, 2.05) is 0 Å². The molecule has 1 aromatic rings. The number of pyridine rings is 1. The standard InChI is InChI=1S/C12H18N4O/c1-17-7-6-16(9-2-3-9)11-8-15-5-4-10(11)12(13)14/h4-5,8-9H,2-3,6-7H2,1H3,(H3,13,14). The second kappa shape index (κ2) is 5.14. The van der Waals surface area contributed by atoms with Gasteiger partial charge in [-0.2, -0.15) is 0 Å². The van der Waals surface area contributed by atoms with Gasteiger partial charge in [-0.3, -0.25) is 10.4 Å². The van der Waals surface area contributed by atoms with Crippen LogP contribution in [-0.4, -0.2) is 37.1 Å². The molecular formula is C12H18N4O. The fourth-order valence-electron chi connectivity index (χ4n) is 1.92. The van der Waals surface area contributed by atoms with Gasteiger partial charge in [0.15, 0.2) is 0 Å². The number of hydrogen-bond donors (Lipinski definition) is 2.